The SMILES string of the molecule is O=C(Nc1ncn(Cc2ccccc2)n1)c1cc(COc2ccc3ccccc3c2)cs1. The van der Waals surface area contributed by atoms with Gasteiger partial charge in [-0.1, -0.05) is 60.7 Å². The van der Waals surface area contributed by atoms with Crippen LogP contribution in [0.2, 0.25) is 0 Å². The van der Waals surface area contributed by atoms with Crippen LogP contribution in [0.15, 0.2) is 90.6 Å². The Balaban J connectivity index is 1.18. The van der Waals surface area contributed by atoms with Crippen LogP contribution in [0.3, 0.4) is 0 Å². The van der Waals surface area contributed by atoms with Crippen LogP contribution in [0.1, 0.15) is 20.8 Å². The predicted octanol–water partition coefficient (Wildman–Crippen LogP) is 5.37. The number of fused-ring (bicyclic) bond motifs is 1. The Labute approximate surface area is 189 Å². The van der Waals surface area contributed by atoms with Gasteiger partial charge >= 0.3 is 0 Å². The molecule has 0 aliphatic rings. The molecule has 1 amide bonds. The third kappa shape index (κ3) is 4.68. The van der Waals surface area contributed by atoms with Crippen LogP contribution in [-0.4, -0.2) is 20.7 Å². The number of nitrogens with zero attached hydrogens (tertiary/aromatic N) is 3. The molecule has 2 heterocycles. The van der Waals surface area contributed by atoms with Crippen molar-refractivity contribution in [3.05, 3.63) is 107 Å². The molecular weight excluding hydrogens is 420 g/mol. The van der Waals surface area contributed by atoms with E-state index in [1.54, 1.807) is 11.0 Å². The highest BCUT2D eigenvalue weighted by atomic mass is 32.1. The molecule has 0 aliphatic carbocycles. The zero-order chi connectivity index (χ0) is 21.8. The number of ether oxygens (including phenoxy) is 1. The van der Waals surface area contributed by atoms with Crippen molar-refractivity contribution in [3.8, 4) is 5.75 Å². The van der Waals surface area contributed by atoms with Crippen LogP contribution in [-0.2, 0) is 13.2 Å². The molecule has 5 aromatic rings. The van der Waals surface area contributed by atoms with E-state index in [4.69, 9.17) is 4.74 Å². The Morgan fingerprint density at radius 1 is 0.938 bits per heavy atom. The summed E-state index contributed by atoms with van der Waals surface area (Å²) < 4.78 is 7.61. The molecule has 2 aromatic heterocycles. The van der Waals surface area contributed by atoms with Gasteiger partial charge < -0.3 is 4.74 Å². The van der Waals surface area contributed by atoms with E-state index in [2.05, 4.69) is 27.5 Å². The lowest BCUT2D eigenvalue weighted by molar-refractivity contribution is 0.102. The van der Waals surface area contributed by atoms with Gasteiger partial charge in [0.25, 0.3) is 5.91 Å². The molecule has 0 atom stereocenters. The molecule has 5 rings (SSSR count). The van der Waals surface area contributed by atoms with Gasteiger partial charge in [-0.2, -0.15) is 0 Å². The molecule has 0 radical (unpaired) electrons. The number of benzene rings is 3. The zero-order valence-corrected chi connectivity index (χ0v) is 18.0. The first-order valence-corrected chi connectivity index (χ1v) is 11.0. The van der Waals surface area contributed by atoms with Crippen LogP contribution >= 0.6 is 11.3 Å². The smallest absolute Gasteiger partial charge is 0.268 e. The Morgan fingerprint density at radius 2 is 1.75 bits per heavy atom. The van der Waals surface area contributed by atoms with Gasteiger partial charge in [-0.25, -0.2) is 9.67 Å². The third-order valence-corrected chi connectivity index (χ3v) is 5.93. The van der Waals surface area contributed by atoms with Crippen molar-refractivity contribution in [2.45, 2.75) is 13.2 Å². The zero-order valence-electron chi connectivity index (χ0n) is 17.1. The molecule has 1 N–H and O–H groups in total. The molecule has 0 aliphatic heterocycles. The van der Waals surface area contributed by atoms with Gasteiger partial charge in [-0.15, -0.1) is 16.4 Å². The van der Waals surface area contributed by atoms with Gasteiger partial charge in [0, 0.05) is 5.56 Å². The van der Waals surface area contributed by atoms with Gasteiger partial charge in [0.15, 0.2) is 0 Å². The average Bonchev–Trinajstić information content (AvgIpc) is 3.48. The lowest BCUT2D eigenvalue weighted by Crippen LogP contribution is -2.12. The monoisotopic (exact) mass is 440 g/mol. The Hall–Kier alpha value is -3.97. The molecule has 0 saturated heterocycles. The highest BCUT2D eigenvalue weighted by Gasteiger charge is 2.12. The summed E-state index contributed by atoms with van der Waals surface area (Å²) in [5, 5.41) is 11.3. The number of thiophene rings is 1. The van der Waals surface area contributed by atoms with Gasteiger partial charge in [0.2, 0.25) is 5.95 Å². The van der Waals surface area contributed by atoms with Crippen LogP contribution < -0.4 is 10.1 Å². The summed E-state index contributed by atoms with van der Waals surface area (Å²) in [4.78, 5) is 17.4. The van der Waals surface area contributed by atoms with Crippen molar-refractivity contribution in [3.63, 3.8) is 0 Å². The van der Waals surface area contributed by atoms with Gasteiger partial charge in [0.1, 0.15) is 18.7 Å². The number of carbonyl (C=O) groups is 1. The first-order valence-electron chi connectivity index (χ1n) is 10.2. The highest BCUT2D eigenvalue weighted by Crippen LogP contribution is 2.23. The molecule has 6 nitrogen and oxygen atoms in total. The average molecular weight is 441 g/mol. The lowest BCUT2D eigenvalue weighted by Gasteiger charge is -2.06. The standard InChI is InChI=1S/C25H20N4O2S/c30-24(27-25-26-17-29(28-25)14-18-6-2-1-3-7-18)23-12-19(16-32-23)15-31-22-11-10-20-8-4-5-9-21(20)13-22/h1-13,16-17H,14-15H2,(H,27,28,30). The minimum Gasteiger partial charge on any atom is -0.489 e. The fourth-order valence-electron chi connectivity index (χ4n) is 3.36. The quantitative estimate of drug-likeness (QED) is 0.369. The van der Waals surface area contributed by atoms with Gasteiger partial charge in [-0.3, -0.25) is 10.1 Å². The predicted molar refractivity (Wildman–Crippen MR) is 126 cm³/mol. The van der Waals surface area contributed by atoms with Crippen LogP contribution in [0.25, 0.3) is 10.8 Å². The number of nitrogens with one attached hydrogen (secondary N) is 1. The van der Waals surface area contributed by atoms with Crippen LogP contribution in [0.5, 0.6) is 5.75 Å². The van der Waals surface area contributed by atoms with Gasteiger partial charge in [-0.05, 0) is 39.9 Å². The van der Waals surface area contributed by atoms with Crippen molar-refractivity contribution in [2.24, 2.45) is 0 Å². The molecule has 3 aromatic carbocycles. The summed E-state index contributed by atoms with van der Waals surface area (Å²) in [5.41, 5.74) is 2.06. The van der Waals surface area contributed by atoms with E-state index in [1.807, 2.05) is 72.1 Å². The molecule has 7 heteroatoms. The molecule has 0 bridgehead atoms. The van der Waals surface area contributed by atoms with Crippen LogP contribution in [0.4, 0.5) is 5.95 Å². The third-order valence-electron chi connectivity index (χ3n) is 4.95. The summed E-state index contributed by atoms with van der Waals surface area (Å²) in [6.07, 6.45) is 1.61. The second-order valence-corrected chi connectivity index (χ2v) is 8.23. The van der Waals surface area contributed by atoms with Gasteiger partial charge in [0.05, 0.1) is 11.4 Å². The van der Waals surface area contributed by atoms with Crippen molar-refractivity contribution in [2.75, 3.05) is 5.32 Å². The fourth-order valence-corrected chi connectivity index (χ4v) is 4.15. The highest BCUT2D eigenvalue weighted by molar-refractivity contribution is 7.12. The number of carbonyl (C=O) groups excluding carboxylic acids is 1. The molecular formula is C25H20N4O2S. The van der Waals surface area contributed by atoms with Crippen molar-refractivity contribution in [1.29, 1.82) is 0 Å². The van der Waals surface area contributed by atoms with E-state index in [-0.39, 0.29) is 11.9 Å². The topological polar surface area (TPSA) is 69.0 Å². The second kappa shape index (κ2) is 9.03. The summed E-state index contributed by atoms with van der Waals surface area (Å²) in [7, 11) is 0. The number of amides is 1. The van der Waals surface area contributed by atoms with E-state index in [1.165, 1.54) is 16.7 Å². The molecule has 0 saturated carbocycles. The number of aromatic nitrogens is 3. The lowest BCUT2D eigenvalue weighted by atomic mass is 10.1. The molecule has 158 valence electrons. The number of anilines is 1. The molecule has 0 unspecified atom stereocenters. The molecule has 0 fully saturated rings. The maximum atomic E-state index is 12.6. The van der Waals surface area contributed by atoms with E-state index < -0.39 is 0 Å². The van der Waals surface area contributed by atoms with Crippen LogP contribution in [0, 0.1) is 0 Å². The number of hydrogen-bond acceptors (Lipinski definition) is 5. The Morgan fingerprint density at radius 3 is 2.62 bits per heavy atom. The second-order valence-electron chi connectivity index (χ2n) is 7.32. The van der Waals surface area contributed by atoms with E-state index in [0.29, 0.717) is 18.0 Å². The summed E-state index contributed by atoms with van der Waals surface area (Å²) >= 11 is 1.37. The minimum atomic E-state index is -0.232. The van der Waals surface area contributed by atoms with Crippen molar-refractivity contribution >= 4 is 34.0 Å². The first-order chi connectivity index (χ1) is 15.7. The summed E-state index contributed by atoms with van der Waals surface area (Å²) in [6.45, 7) is 0.991. The molecule has 32 heavy (non-hydrogen) atoms. The van der Waals surface area contributed by atoms with Crippen molar-refractivity contribution < 1.29 is 9.53 Å². The normalized spacial score (nSPS) is 10.9. The minimum absolute atomic E-state index is 0.232. The maximum Gasteiger partial charge on any atom is 0.268 e. The largest absolute Gasteiger partial charge is 0.489 e. The Bertz CT molecular complexity index is 1360. The number of hydrogen-bond donors (Lipinski definition) is 1. The first kappa shape index (κ1) is 20.0. The summed E-state index contributed by atoms with van der Waals surface area (Å²) in [5.74, 6) is 0.853. The molecule has 0 spiro atoms. The Kier molecular flexibility index (Phi) is 5.63. The number of rotatable bonds is 7. The summed E-state index contributed by atoms with van der Waals surface area (Å²) in [6, 6.07) is 26.0. The van der Waals surface area contributed by atoms with Crippen molar-refractivity contribution in [1.82, 2.24) is 14.8 Å². The maximum absolute atomic E-state index is 12.6. The van der Waals surface area contributed by atoms with E-state index in [9.17, 15) is 4.79 Å². The van der Waals surface area contributed by atoms with E-state index >= 15 is 0 Å². The fraction of sp³-hybridized carbons (Fsp3) is 0.0800. The van der Waals surface area contributed by atoms with E-state index in [0.717, 1.165) is 22.3 Å².